The summed E-state index contributed by atoms with van der Waals surface area (Å²) in [6.45, 7) is 2.41. The van der Waals surface area contributed by atoms with Gasteiger partial charge in [-0.15, -0.1) is 0 Å². The van der Waals surface area contributed by atoms with Gasteiger partial charge in [0.2, 0.25) is 0 Å². The summed E-state index contributed by atoms with van der Waals surface area (Å²) < 4.78 is 13.8. The van der Waals surface area contributed by atoms with E-state index in [0.29, 0.717) is 12.1 Å². The molecule has 3 heteroatoms. The molecule has 0 radical (unpaired) electrons. The minimum atomic E-state index is -0.265. The highest BCUT2D eigenvalue weighted by Gasteiger charge is 2.31. The maximum atomic E-state index is 13.8. The molecule has 2 nitrogen and oxygen atoms in total. The summed E-state index contributed by atoms with van der Waals surface area (Å²) in [4.78, 5) is 14.0. The van der Waals surface area contributed by atoms with E-state index in [0.717, 1.165) is 11.1 Å². The molecule has 1 atom stereocenters. The molecule has 1 aliphatic rings. The molecular weight excluding hydrogens is 241 g/mol. The van der Waals surface area contributed by atoms with Crippen molar-refractivity contribution in [2.24, 2.45) is 0 Å². The Morgan fingerprint density at radius 1 is 1.11 bits per heavy atom. The minimum absolute atomic E-state index is 0.0219. The number of carbonyl (C=O) groups is 1. The van der Waals surface area contributed by atoms with E-state index >= 15 is 0 Å². The van der Waals surface area contributed by atoms with E-state index in [1.807, 2.05) is 31.2 Å². The van der Waals surface area contributed by atoms with E-state index in [9.17, 15) is 9.18 Å². The second-order valence-corrected chi connectivity index (χ2v) is 4.79. The second kappa shape index (κ2) is 4.50. The Hall–Kier alpha value is -2.16. The topological polar surface area (TPSA) is 20.3 Å². The molecule has 0 spiro atoms. The van der Waals surface area contributed by atoms with E-state index in [1.54, 1.807) is 23.1 Å². The number of amides is 1. The van der Waals surface area contributed by atoms with Crippen LogP contribution < -0.4 is 0 Å². The van der Waals surface area contributed by atoms with Crippen LogP contribution in [0, 0.1) is 5.82 Å². The maximum absolute atomic E-state index is 13.8. The lowest BCUT2D eigenvalue weighted by atomic mass is 10.1. The summed E-state index contributed by atoms with van der Waals surface area (Å²) in [6.07, 6.45) is 0. The molecule has 0 saturated carbocycles. The zero-order valence-electron chi connectivity index (χ0n) is 10.6. The average molecular weight is 255 g/mol. The normalized spacial score (nSPS) is 15.5. The highest BCUT2D eigenvalue weighted by atomic mass is 19.1. The first kappa shape index (κ1) is 11.9. The Balaban J connectivity index is 1.94. The molecule has 1 aliphatic heterocycles. The van der Waals surface area contributed by atoms with E-state index in [1.165, 1.54) is 6.07 Å². The number of halogens is 1. The Morgan fingerprint density at radius 2 is 1.79 bits per heavy atom. The van der Waals surface area contributed by atoms with Crippen LogP contribution >= 0.6 is 0 Å². The summed E-state index contributed by atoms with van der Waals surface area (Å²) in [5.41, 5.74) is 2.30. The summed E-state index contributed by atoms with van der Waals surface area (Å²) in [6, 6.07) is 13.9. The van der Waals surface area contributed by atoms with Gasteiger partial charge in [0.05, 0.1) is 6.04 Å². The third-order valence-corrected chi connectivity index (χ3v) is 3.67. The van der Waals surface area contributed by atoms with Crippen molar-refractivity contribution in [3.63, 3.8) is 0 Å². The van der Waals surface area contributed by atoms with Gasteiger partial charge >= 0.3 is 0 Å². The van der Waals surface area contributed by atoms with Crippen molar-refractivity contribution < 1.29 is 9.18 Å². The standard InChI is InChI=1S/C16H14FNO/c1-11(13-7-4-5-9-15(13)17)18-10-12-6-2-3-8-14(12)16(18)19/h2-9,11H,10H2,1H3/t11-/m0/s1. The zero-order valence-corrected chi connectivity index (χ0v) is 10.6. The van der Waals surface area contributed by atoms with Gasteiger partial charge in [-0.1, -0.05) is 36.4 Å². The van der Waals surface area contributed by atoms with E-state index in [2.05, 4.69) is 0 Å². The number of hydrogen-bond acceptors (Lipinski definition) is 1. The predicted octanol–water partition coefficient (Wildman–Crippen LogP) is 3.54. The van der Waals surface area contributed by atoms with Crippen molar-refractivity contribution in [3.05, 3.63) is 71.0 Å². The van der Waals surface area contributed by atoms with E-state index < -0.39 is 0 Å². The van der Waals surface area contributed by atoms with Crippen LogP contribution in [0.15, 0.2) is 48.5 Å². The fourth-order valence-electron chi connectivity index (χ4n) is 2.57. The van der Waals surface area contributed by atoms with Crippen LogP contribution in [0.3, 0.4) is 0 Å². The van der Waals surface area contributed by atoms with Crippen molar-refractivity contribution in [3.8, 4) is 0 Å². The van der Waals surface area contributed by atoms with Crippen LogP contribution in [0.5, 0.6) is 0 Å². The van der Waals surface area contributed by atoms with Crippen LogP contribution in [0.2, 0.25) is 0 Å². The number of benzene rings is 2. The highest BCUT2D eigenvalue weighted by Crippen LogP contribution is 2.31. The van der Waals surface area contributed by atoms with Gasteiger partial charge in [-0.3, -0.25) is 4.79 Å². The van der Waals surface area contributed by atoms with Gasteiger partial charge in [0.1, 0.15) is 5.82 Å². The molecule has 0 bridgehead atoms. The largest absolute Gasteiger partial charge is 0.327 e. The van der Waals surface area contributed by atoms with Gasteiger partial charge in [0.25, 0.3) is 5.91 Å². The minimum Gasteiger partial charge on any atom is -0.327 e. The number of hydrogen-bond donors (Lipinski definition) is 0. The molecule has 96 valence electrons. The molecule has 0 N–H and O–H groups in total. The molecule has 0 aromatic heterocycles. The Kier molecular flexibility index (Phi) is 2.82. The lowest BCUT2D eigenvalue weighted by Gasteiger charge is -2.25. The van der Waals surface area contributed by atoms with Gasteiger partial charge in [0, 0.05) is 17.7 Å². The van der Waals surface area contributed by atoms with Crippen molar-refractivity contribution in [1.29, 1.82) is 0 Å². The van der Waals surface area contributed by atoms with Gasteiger partial charge in [-0.2, -0.15) is 0 Å². The zero-order chi connectivity index (χ0) is 13.4. The first-order chi connectivity index (χ1) is 9.18. The van der Waals surface area contributed by atoms with Crippen molar-refractivity contribution in [1.82, 2.24) is 4.90 Å². The Bertz CT molecular complexity index is 638. The Morgan fingerprint density at radius 3 is 2.53 bits per heavy atom. The number of nitrogens with zero attached hydrogens (tertiary/aromatic N) is 1. The quantitative estimate of drug-likeness (QED) is 0.803. The van der Waals surface area contributed by atoms with Crippen LogP contribution in [-0.2, 0) is 6.54 Å². The summed E-state index contributed by atoms with van der Waals surface area (Å²) >= 11 is 0. The SMILES string of the molecule is C[C@@H](c1ccccc1F)N1Cc2ccccc2C1=O. The summed E-state index contributed by atoms with van der Waals surface area (Å²) in [7, 11) is 0. The van der Waals surface area contributed by atoms with Crippen molar-refractivity contribution in [2.75, 3.05) is 0 Å². The average Bonchev–Trinajstić information content (AvgIpc) is 2.77. The van der Waals surface area contributed by atoms with Gasteiger partial charge in [-0.25, -0.2) is 4.39 Å². The highest BCUT2D eigenvalue weighted by molar-refractivity contribution is 5.98. The molecule has 3 rings (SSSR count). The molecule has 0 aliphatic carbocycles. The first-order valence-electron chi connectivity index (χ1n) is 6.32. The van der Waals surface area contributed by atoms with Gasteiger partial charge < -0.3 is 4.90 Å². The van der Waals surface area contributed by atoms with E-state index in [-0.39, 0.29) is 17.8 Å². The third-order valence-electron chi connectivity index (χ3n) is 3.67. The fraction of sp³-hybridized carbons (Fsp3) is 0.188. The summed E-state index contributed by atoms with van der Waals surface area (Å²) in [5, 5.41) is 0. The molecule has 2 aromatic rings. The molecule has 19 heavy (non-hydrogen) atoms. The predicted molar refractivity (Wildman–Crippen MR) is 71.1 cm³/mol. The molecule has 0 unspecified atom stereocenters. The van der Waals surface area contributed by atoms with Crippen molar-refractivity contribution in [2.45, 2.75) is 19.5 Å². The third kappa shape index (κ3) is 1.91. The van der Waals surface area contributed by atoms with Crippen LogP contribution in [0.25, 0.3) is 0 Å². The van der Waals surface area contributed by atoms with E-state index in [4.69, 9.17) is 0 Å². The van der Waals surface area contributed by atoms with Gasteiger partial charge in [0.15, 0.2) is 0 Å². The van der Waals surface area contributed by atoms with Gasteiger partial charge in [-0.05, 0) is 24.6 Å². The summed E-state index contributed by atoms with van der Waals surface area (Å²) in [5.74, 6) is -0.287. The fourth-order valence-corrected chi connectivity index (χ4v) is 2.57. The monoisotopic (exact) mass is 255 g/mol. The van der Waals surface area contributed by atoms with Crippen molar-refractivity contribution >= 4 is 5.91 Å². The smallest absolute Gasteiger partial charge is 0.255 e. The number of fused-ring (bicyclic) bond motifs is 1. The van der Waals surface area contributed by atoms with Crippen LogP contribution in [-0.4, -0.2) is 10.8 Å². The molecule has 0 saturated heterocycles. The Labute approximate surface area is 111 Å². The lowest BCUT2D eigenvalue weighted by Crippen LogP contribution is -2.27. The number of carbonyl (C=O) groups excluding carboxylic acids is 1. The van der Waals surface area contributed by atoms with Crippen LogP contribution in [0.4, 0.5) is 4.39 Å². The molecule has 2 aromatic carbocycles. The number of rotatable bonds is 2. The second-order valence-electron chi connectivity index (χ2n) is 4.79. The first-order valence-corrected chi connectivity index (χ1v) is 6.32. The van der Waals surface area contributed by atoms with Crippen LogP contribution in [0.1, 0.15) is 34.5 Å². The molecule has 1 amide bonds. The molecule has 0 fully saturated rings. The molecular formula is C16H14FNO. The maximum Gasteiger partial charge on any atom is 0.255 e. The molecule has 1 heterocycles. The lowest BCUT2D eigenvalue weighted by molar-refractivity contribution is 0.0713.